The quantitative estimate of drug-likeness (QED) is 0.522. The number of amides is 1. The molecule has 0 aliphatic carbocycles. The molecular formula is C23H28N2O5S2. The van der Waals surface area contributed by atoms with E-state index in [1.807, 2.05) is 56.5 Å². The standard InChI is InChI=1S/C23H28N2O5S2/c1-23(2,3)32-14-22(27)30-13-21(26)25-17(12-16(24-25)20-7-6-10-31-20)15-8-9-18(28-4)19(11-15)29-5/h6-11,17H,12-14H2,1-5H3. The molecule has 1 atom stereocenters. The van der Waals surface area contributed by atoms with Crippen LogP contribution in [-0.2, 0) is 14.3 Å². The zero-order chi connectivity index (χ0) is 23.3. The third-order valence-corrected chi connectivity index (χ3v) is 6.91. The Bertz CT molecular complexity index is 983. The van der Waals surface area contributed by atoms with Gasteiger partial charge in [-0.3, -0.25) is 9.59 Å². The van der Waals surface area contributed by atoms with E-state index in [4.69, 9.17) is 14.2 Å². The Morgan fingerprint density at radius 1 is 1.19 bits per heavy atom. The summed E-state index contributed by atoms with van der Waals surface area (Å²) in [6.07, 6.45) is 0.551. The first-order chi connectivity index (χ1) is 15.2. The van der Waals surface area contributed by atoms with Crippen molar-refractivity contribution in [2.45, 2.75) is 38.0 Å². The van der Waals surface area contributed by atoms with Crippen LogP contribution in [0, 0.1) is 0 Å². The van der Waals surface area contributed by atoms with Gasteiger partial charge in [-0.05, 0) is 29.1 Å². The average molecular weight is 477 g/mol. The van der Waals surface area contributed by atoms with E-state index < -0.39 is 5.97 Å². The molecule has 2 aromatic rings. The molecule has 0 saturated carbocycles. The Labute approximate surface area is 196 Å². The van der Waals surface area contributed by atoms with Crippen molar-refractivity contribution in [3.63, 3.8) is 0 Å². The first-order valence-corrected chi connectivity index (χ1v) is 12.0. The number of nitrogens with zero attached hydrogens (tertiary/aromatic N) is 2. The Morgan fingerprint density at radius 2 is 1.94 bits per heavy atom. The minimum Gasteiger partial charge on any atom is -0.493 e. The van der Waals surface area contributed by atoms with E-state index in [1.54, 1.807) is 25.6 Å². The van der Waals surface area contributed by atoms with Gasteiger partial charge in [0.2, 0.25) is 0 Å². The fourth-order valence-corrected chi connectivity index (χ4v) is 4.53. The van der Waals surface area contributed by atoms with Crippen LogP contribution in [0.15, 0.2) is 40.8 Å². The molecule has 3 rings (SSSR count). The zero-order valence-electron chi connectivity index (χ0n) is 18.9. The van der Waals surface area contributed by atoms with E-state index in [1.165, 1.54) is 16.8 Å². The number of hydrogen-bond donors (Lipinski definition) is 0. The van der Waals surface area contributed by atoms with E-state index >= 15 is 0 Å². The van der Waals surface area contributed by atoms with Gasteiger partial charge in [-0.25, -0.2) is 5.01 Å². The molecule has 0 fully saturated rings. The fraction of sp³-hybridized carbons (Fsp3) is 0.435. The highest BCUT2D eigenvalue weighted by Gasteiger charge is 2.34. The highest BCUT2D eigenvalue weighted by Crippen LogP contribution is 2.37. The second-order valence-corrected chi connectivity index (χ2v) is 10.9. The molecule has 1 amide bonds. The number of benzene rings is 1. The Hall–Kier alpha value is -2.52. The third kappa shape index (κ3) is 6.04. The average Bonchev–Trinajstić information content (AvgIpc) is 3.45. The van der Waals surface area contributed by atoms with Crippen molar-refractivity contribution in [3.8, 4) is 11.5 Å². The molecule has 0 radical (unpaired) electrons. The van der Waals surface area contributed by atoms with Crippen molar-refractivity contribution in [3.05, 3.63) is 46.2 Å². The van der Waals surface area contributed by atoms with Gasteiger partial charge in [0.25, 0.3) is 5.91 Å². The maximum atomic E-state index is 13.0. The first-order valence-electron chi connectivity index (χ1n) is 10.2. The monoisotopic (exact) mass is 476 g/mol. The van der Waals surface area contributed by atoms with Gasteiger partial charge in [-0.15, -0.1) is 23.1 Å². The second-order valence-electron chi connectivity index (χ2n) is 8.16. The van der Waals surface area contributed by atoms with Crippen molar-refractivity contribution < 1.29 is 23.8 Å². The number of methoxy groups -OCH3 is 2. The van der Waals surface area contributed by atoms with E-state index in [9.17, 15) is 9.59 Å². The van der Waals surface area contributed by atoms with Gasteiger partial charge in [0.1, 0.15) is 0 Å². The largest absolute Gasteiger partial charge is 0.493 e. The molecule has 1 unspecified atom stereocenters. The molecule has 1 aromatic heterocycles. The summed E-state index contributed by atoms with van der Waals surface area (Å²) < 4.78 is 15.9. The molecular weight excluding hydrogens is 448 g/mol. The van der Waals surface area contributed by atoms with Gasteiger partial charge < -0.3 is 14.2 Å². The fourth-order valence-electron chi connectivity index (χ4n) is 3.18. The minimum absolute atomic E-state index is 0.0591. The molecule has 172 valence electrons. The van der Waals surface area contributed by atoms with E-state index in [2.05, 4.69) is 5.10 Å². The van der Waals surface area contributed by atoms with Crippen LogP contribution in [-0.4, -0.2) is 53.9 Å². The molecule has 9 heteroatoms. The van der Waals surface area contributed by atoms with Crippen LogP contribution in [0.2, 0.25) is 0 Å². The highest BCUT2D eigenvalue weighted by atomic mass is 32.2. The maximum absolute atomic E-state index is 13.0. The molecule has 0 N–H and O–H groups in total. The predicted molar refractivity (Wildman–Crippen MR) is 128 cm³/mol. The number of carbonyl (C=O) groups is 2. The molecule has 7 nitrogen and oxygen atoms in total. The number of esters is 1. The van der Waals surface area contributed by atoms with E-state index in [0.29, 0.717) is 17.9 Å². The summed E-state index contributed by atoms with van der Waals surface area (Å²) in [5.41, 5.74) is 1.68. The van der Waals surface area contributed by atoms with Crippen LogP contribution < -0.4 is 9.47 Å². The summed E-state index contributed by atoms with van der Waals surface area (Å²) in [4.78, 5) is 26.1. The molecule has 0 spiro atoms. The smallest absolute Gasteiger partial charge is 0.316 e. The summed E-state index contributed by atoms with van der Waals surface area (Å²) in [5.74, 6) is 0.594. The lowest BCUT2D eigenvalue weighted by atomic mass is 10.0. The van der Waals surface area contributed by atoms with Crippen molar-refractivity contribution in [1.29, 1.82) is 0 Å². The lowest BCUT2D eigenvalue weighted by Crippen LogP contribution is -2.31. The van der Waals surface area contributed by atoms with Crippen LogP contribution >= 0.6 is 23.1 Å². The normalized spacial score (nSPS) is 16.0. The SMILES string of the molecule is COc1ccc(C2CC(c3cccs3)=NN2C(=O)COC(=O)CSC(C)(C)C)cc1OC. The van der Waals surface area contributed by atoms with Crippen LogP contribution in [0.25, 0.3) is 0 Å². The number of rotatable bonds is 8. The summed E-state index contributed by atoms with van der Waals surface area (Å²) in [6, 6.07) is 9.15. The van der Waals surface area contributed by atoms with Gasteiger partial charge in [0, 0.05) is 11.2 Å². The van der Waals surface area contributed by atoms with Gasteiger partial charge in [0.15, 0.2) is 18.1 Å². The number of ether oxygens (including phenoxy) is 3. The second kappa shape index (κ2) is 10.4. The topological polar surface area (TPSA) is 77.4 Å². The van der Waals surface area contributed by atoms with Crippen LogP contribution in [0.3, 0.4) is 0 Å². The molecule has 32 heavy (non-hydrogen) atoms. The van der Waals surface area contributed by atoms with Gasteiger partial charge >= 0.3 is 5.97 Å². The van der Waals surface area contributed by atoms with Crippen molar-refractivity contribution in [1.82, 2.24) is 5.01 Å². The Balaban J connectivity index is 1.78. The number of hydrogen-bond acceptors (Lipinski definition) is 8. The van der Waals surface area contributed by atoms with Crippen LogP contribution in [0.1, 0.15) is 43.7 Å². The Morgan fingerprint density at radius 3 is 2.56 bits per heavy atom. The molecule has 2 heterocycles. The van der Waals surface area contributed by atoms with E-state index in [-0.39, 0.29) is 29.1 Å². The predicted octanol–water partition coefficient (Wildman–Crippen LogP) is 4.52. The number of carbonyl (C=O) groups excluding carboxylic acids is 2. The van der Waals surface area contributed by atoms with Gasteiger partial charge in [-0.1, -0.05) is 32.9 Å². The summed E-state index contributed by atoms with van der Waals surface area (Å²) in [6.45, 7) is 5.72. The zero-order valence-corrected chi connectivity index (χ0v) is 20.5. The van der Waals surface area contributed by atoms with E-state index in [0.717, 1.165) is 16.2 Å². The third-order valence-electron chi connectivity index (χ3n) is 4.74. The molecule has 1 aliphatic rings. The van der Waals surface area contributed by atoms with Gasteiger partial charge in [-0.2, -0.15) is 5.10 Å². The molecule has 0 bridgehead atoms. The number of thioether (sulfide) groups is 1. The molecule has 1 aromatic carbocycles. The lowest BCUT2D eigenvalue weighted by molar-refractivity contribution is -0.150. The van der Waals surface area contributed by atoms with Crippen molar-refractivity contribution >= 4 is 40.7 Å². The number of thiophene rings is 1. The highest BCUT2D eigenvalue weighted by molar-refractivity contribution is 8.01. The van der Waals surface area contributed by atoms with Crippen molar-refractivity contribution in [2.24, 2.45) is 5.10 Å². The summed E-state index contributed by atoms with van der Waals surface area (Å²) in [7, 11) is 3.15. The van der Waals surface area contributed by atoms with Crippen LogP contribution in [0.4, 0.5) is 0 Å². The summed E-state index contributed by atoms with van der Waals surface area (Å²) in [5, 5.41) is 7.98. The van der Waals surface area contributed by atoms with Gasteiger partial charge in [0.05, 0.1) is 36.6 Å². The lowest BCUT2D eigenvalue weighted by Gasteiger charge is -2.23. The summed E-state index contributed by atoms with van der Waals surface area (Å²) >= 11 is 3.05. The minimum atomic E-state index is -0.414. The number of hydrazone groups is 1. The van der Waals surface area contributed by atoms with Crippen molar-refractivity contribution in [2.75, 3.05) is 26.6 Å². The molecule has 1 aliphatic heterocycles. The molecule has 0 saturated heterocycles. The first kappa shape index (κ1) is 24.1. The Kier molecular flexibility index (Phi) is 7.84. The van der Waals surface area contributed by atoms with Crippen LogP contribution in [0.5, 0.6) is 11.5 Å². The maximum Gasteiger partial charge on any atom is 0.316 e.